The van der Waals surface area contributed by atoms with E-state index in [0.29, 0.717) is 12.3 Å². The Morgan fingerprint density at radius 2 is 2.25 bits per heavy atom. The third-order valence-electron chi connectivity index (χ3n) is 1.88. The number of phenolic OH excluding ortho intramolecular Hbond substituents is 1. The Bertz CT molecular complexity index is 275. The van der Waals surface area contributed by atoms with Gasteiger partial charge >= 0.3 is 0 Å². The summed E-state index contributed by atoms with van der Waals surface area (Å²) in [5, 5.41) is 9.51. The highest BCUT2D eigenvalue weighted by atomic mass is 79.9. The molecule has 3 N–H and O–H groups in total. The van der Waals surface area contributed by atoms with Gasteiger partial charge in [0.05, 0.1) is 0 Å². The molecule has 1 atom stereocenters. The van der Waals surface area contributed by atoms with Crippen LogP contribution in [-0.4, -0.2) is 11.7 Å². The second kappa shape index (κ2) is 3.92. The van der Waals surface area contributed by atoms with Crippen LogP contribution in [0, 0.1) is 0 Å². The van der Waals surface area contributed by atoms with Gasteiger partial charge in [0.15, 0.2) is 0 Å². The van der Waals surface area contributed by atoms with E-state index in [9.17, 15) is 5.11 Å². The van der Waals surface area contributed by atoms with E-state index in [2.05, 4.69) is 15.9 Å². The summed E-state index contributed by atoms with van der Waals surface area (Å²) in [7, 11) is 0. The first kappa shape index (κ1) is 9.55. The predicted molar refractivity (Wildman–Crippen MR) is 53.3 cm³/mol. The van der Waals surface area contributed by atoms with Crippen LogP contribution in [0.1, 0.15) is 18.4 Å². The highest BCUT2D eigenvalue weighted by Gasteiger charge is 2.07. The molecule has 0 aliphatic carbocycles. The lowest BCUT2D eigenvalue weighted by Crippen LogP contribution is -2.08. The van der Waals surface area contributed by atoms with Gasteiger partial charge in [-0.2, -0.15) is 0 Å². The molecule has 1 unspecified atom stereocenters. The van der Waals surface area contributed by atoms with Gasteiger partial charge in [-0.1, -0.05) is 28.9 Å². The van der Waals surface area contributed by atoms with Crippen LogP contribution in [0.5, 0.6) is 5.75 Å². The maximum absolute atomic E-state index is 9.51. The molecule has 0 aromatic heterocycles. The Hall–Kier alpha value is -0.540. The average Bonchev–Trinajstić information content (AvgIpc) is 2.03. The quantitative estimate of drug-likeness (QED) is 0.818. The summed E-state index contributed by atoms with van der Waals surface area (Å²) in [6.45, 7) is 2.54. The van der Waals surface area contributed by atoms with Gasteiger partial charge in [-0.15, -0.1) is 0 Å². The summed E-state index contributed by atoms with van der Waals surface area (Å²) in [5.41, 5.74) is 6.39. The molecule has 2 nitrogen and oxygen atoms in total. The van der Waals surface area contributed by atoms with E-state index in [1.165, 1.54) is 0 Å². The number of phenols is 1. The van der Waals surface area contributed by atoms with Crippen LogP contribution >= 0.6 is 15.9 Å². The van der Waals surface area contributed by atoms with Crippen LogP contribution in [0.2, 0.25) is 0 Å². The number of rotatable bonds is 2. The fourth-order valence-corrected chi connectivity index (χ4v) is 1.41. The van der Waals surface area contributed by atoms with E-state index in [1.54, 1.807) is 6.07 Å². The molecule has 3 heteroatoms. The minimum absolute atomic E-state index is 0.207. The topological polar surface area (TPSA) is 46.2 Å². The Morgan fingerprint density at radius 3 is 2.75 bits per heavy atom. The number of aromatic hydroxyl groups is 1. The van der Waals surface area contributed by atoms with E-state index in [4.69, 9.17) is 5.73 Å². The second-order valence-electron chi connectivity index (χ2n) is 2.84. The number of hydrogen-bond donors (Lipinski definition) is 2. The number of hydrogen-bond acceptors (Lipinski definition) is 2. The van der Waals surface area contributed by atoms with Gasteiger partial charge in [0.1, 0.15) is 5.75 Å². The molecular formula is C9H12BrNO. The summed E-state index contributed by atoms with van der Waals surface area (Å²) in [6.07, 6.45) is 0. The van der Waals surface area contributed by atoms with Crippen molar-refractivity contribution in [1.29, 1.82) is 0 Å². The Labute approximate surface area is 80.5 Å². The summed E-state index contributed by atoms with van der Waals surface area (Å²) < 4.78 is 0.882. The van der Waals surface area contributed by atoms with Crippen LogP contribution in [0.3, 0.4) is 0 Å². The molecule has 0 saturated carbocycles. The lowest BCUT2D eigenvalue weighted by atomic mass is 10.0. The fraction of sp³-hybridized carbons (Fsp3) is 0.333. The second-order valence-corrected chi connectivity index (χ2v) is 3.76. The first-order chi connectivity index (χ1) is 5.65. The molecule has 0 amide bonds. The minimum Gasteiger partial charge on any atom is -0.508 e. The summed E-state index contributed by atoms with van der Waals surface area (Å²) in [5.74, 6) is 0.514. The van der Waals surface area contributed by atoms with Crippen LogP contribution in [-0.2, 0) is 0 Å². The van der Waals surface area contributed by atoms with E-state index in [0.717, 1.165) is 10.0 Å². The first-order valence-electron chi connectivity index (χ1n) is 3.83. The molecule has 0 radical (unpaired) electrons. The number of halogens is 1. The molecule has 0 saturated heterocycles. The van der Waals surface area contributed by atoms with E-state index in [1.807, 2.05) is 19.1 Å². The van der Waals surface area contributed by atoms with Crippen molar-refractivity contribution in [2.45, 2.75) is 12.8 Å². The highest BCUT2D eigenvalue weighted by Crippen LogP contribution is 2.27. The summed E-state index contributed by atoms with van der Waals surface area (Å²) >= 11 is 3.28. The molecule has 0 aliphatic rings. The first-order valence-corrected chi connectivity index (χ1v) is 4.63. The largest absolute Gasteiger partial charge is 0.508 e. The Kier molecular flexibility index (Phi) is 3.12. The maximum atomic E-state index is 9.51. The Morgan fingerprint density at radius 1 is 1.58 bits per heavy atom. The van der Waals surface area contributed by atoms with Crippen LogP contribution < -0.4 is 5.73 Å². The Balaban J connectivity index is 3.01. The number of benzene rings is 1. The third kappa shape index (κ3) is 1.99. The van der Waals surface area contributed by atoms with E-state index in [-0.39, 0.29) is 5.92 Å². The zero-order valence-corrected chi connectivity index (χ0v) is 8.51. The third-order valence-corrected chi connectivity index (χ3v) is 2.37. The van der Waals surface area contributed by atoms with Crippen molar-refractivity contribution in [2.24, 2.45) is 5.73 Å². The standard InChI is InChI=1S/C9H12BrNO/c1-6(5-11)8-3-2-7(10)4-9(8)12/h2-4,6,12H,5,11H2,1H3. The zero-order chi connectivity index (χ0) is 9.14. The normalized spacial score (nSPS) is 12.9. The van der Waals surface area contributed by atoms with Crippen molar-refractivity contribution in [3.05, 3.63) is 28.2 Å². The van der Waals surface area contributed by atoms with Crippen LogP contribution in [0.15, 0.2) is 22.7 Å². The number of nitrogens with two attached hydrogens (primary N) is 1. The monoisotopic (exact) mass is 229 g/mol. The van der Waals surface area contributed by atoms with Gasteiger partial charge in [-0.3, -0.25) is 0 Å². The van der Waals surface area contributed by atoms with Gasteiger partial charge in [0.25, 0.3) is 0 Å². The van der Waals surface area contributed by atoms with Crippen molar-refractivity contribution < 1.29 is 5.11 Å². The molecule has 1 rings (SSSR count). The zero-order valence-electron chi connectivity index (χ0n) is 6.92. The van der Waals surface area contributed by atoms with Crippen LogP contribution in [0.25, 0.3) is 0 Å². The van der Waals surface area contributed by atoms with Gasteiger partial charge in [0, 0.05) is 4.47 Å². The molecule has 1 aromatic carbocycles. The van der Waals surface area contributed by atoms with Crippen molar-refractivity contribution in [3.63, 3.8) is 0 Å². The van der Waals surface area contributed by atoms with Crippen molar-refractivity contribution in [2.75, 3.05) is 6.54 Å². The highest BCUT2D eigenvalue weighted by molar-refractivity contribution is 9.10. The van der Waals surface area contributed by atoms with E-state index < -0.39 is 0 Å². The molecule has 0 fully saturated rings. The van der Waals surface area contributed by atoms with E-state index >= 15 is 0 Å². The molecule has 12 heavy (non-hydrogen) atoms. The lowest BCUT2D eigenvalue weighted by Gasteiger charge is -2.10. The van der Waals surface area contributed by atoms with Crippen molar-refractivity contribution >= 4 is 15.9 Å². The van der Waals surface area contributed by atoms with Gasteiger partial charge in [0.2, 0.25) is 0 Å². The predicted octanol–water partition coefficient (Wildman–Crippen LogP) is 2.22. The van der Waals surface area contributed by atoms with Gasteiger partial charge < -0.3 is 10.8 Å². The molecule has 0 aliphatic heterocycles. The molecule has 1 aromatic rings. The SMILES string of the molecule is CC(CN)c1ccc(Br)cc1O. The average molecular weight is 230 g/mol. The van der Waals surface area contributed by atoms with Gasteiger partial charge in [-0.05, 0) is 30.2 Å². The molecule has 66 valence electrons. The molecule has 0 spiro atoms. The van der Waals surface area contributed by atoms with Crippen LogP contribution in [0.4, 0.5) is 0 Å². The summed E-state index contributed by atoms with van der Waals surface area (Å²) in [6, 6.07) is 5.47. The molecule has 0 bridgehead atoms. The maximum Gasteiger partial charge on any atom is 0.120 e. The minimum atomic E-state index is 0.207. The fourth-order valence-electron chi connectivity index (χ4n) is 1.06. The molecular weight excluding hydrogens is 218 g/mol. The smallest absolute Gasteiger partial charge is 0.120 e. The van der Waals surface area contributed by atoms with Gasteiger partial charge in [-0.25, -0.2) is 0 Å². The van der Waals surface area contributed by atoms with Crippen molar-refractivity contribution in [3.8, 4) is 5.75 Å². The molecule has 0 heterocycles. The summed E-state index contributed by atoms with van der Waals surface area (Å²) in [4.78, 5) is 0. The lowest BCUT2D eigenvalue weighted by molar-refractivity contribution is 0.463. The van der Waals surface area contributed by atoms with Crippen molar-refractivity contribution in [1.82, 2.24) is 0 Å².